The van der Waals surface area contributed by atoms with Crippen LogP contribution >= 0.6 is 0 Å². The third-order valence-electron chi connectivity index (χ3n) is 4.43. The van der Waals surface area contributed by atoms with E-state index in [-0.39, 0.29) is 18.2 Å². The van der Waals surface area contributed by atoms with Gasteiger partial charge in [-0.15, -0.1) is 0 Å². The standard InChI is InChI=1S/C19H22BNO5/c1-13-6-5-9-16-15(12-25-19(13)16)11-18(26-20(23)24)21-17(22)10-14-7-3-2-4-8-14/h2-9,15,18,23-24H,10-12H2,1H3,(H,21,22)/t15-,18+/m0/s1. The Bertz CT molecular complexity index is 753. The number of fused-ring (bicyclic) bond motifs is 1. The third-order valence-corrected chi connectivity index (χ3v) is 4.43. The highest BCUT2D eigenvalue weighted by Crippen LogP contribution is 2.38. The summed E-state index contributed by atoms with van der Waals surface area (Å²) < 4.78 is 10.8. The molecule has 3 N–H and O–H groups in total. The molecule has 0 saturated heterocycles. The second-order valence-corrected chi connectivity index (χ2v) is 6.42. The van der Waals surface area contributed by atoms with Crippen LogP contribution in [0.4, 0.5) is 0 Å². The summed E-state index contributed by atoms with van der Waals surface area (Å²) in [5, 5.41) is 21.1. The second kappa shape index (κ2) is 8.36. The minimum Gasteiger partial charge on any atom is -0.492 e. The molecule has 2 aromatic carbocycles. The van der Waals surface area contributed by atoms with Crippen molar-refractivity contribution in [2.45, 2.75) is 31.9 Å². The maximum Gasteiger partial charge on any atom is 0.635 e. The normalized spacial score (nSPS) is 16.5. The molecule has 0 radical (unpaired) electrons. The van der Waals surface area contributed by atoms with E-state index in [0.29, 0.717) is 13.0 Å². The van der Waals surface area contributed by atoms with E-state index in [4.69, 9.17) is 9.39 Å². The number of benzene rings is 2. The van der Waals surface area contributed by atoms with E-state index in [1.165, 1.54) is 0 Å². The van der Waals surface area contributed by atoms with E-state index >= 15 is 0 Å². The van der Waals surface area contributed by atoms with E-state index in [2.05, 4.69) is 5.32 Å². The summed E-state index contributed by atoms with van der Waals surface area (Å²) in [7, 11) is -1.96. The molecule has 2 atom stereocenters. The van der Waals surface area contributed by atoms with Crippen LogP contribution in [0.2, 0.25) is 0 Å². The van der Waals surface area contributed by atoms with Gasteiger partial charge in [0.05, 0.1) is 13.0 Å². The first kappa shape index (κ1) is 18.4. The zero-order valence-corrected chi connectivity index (χ0v) is 14.6. The number of rotatable bonds is 7. The topological polar surface area (TPSA) is 88.0 Å². The Balaban J connectivity index is 1.66. The molecule has 0 aliphatic carbocycles. The largest absolute Gasteiger partial charge is 0.635 e. The van der Waals surface area contributed by atoms with Gasteiger partial charge < -0.3 is 24.8 Å². The molecule has 1 aliphatic heterocycles. The molecule has 1 heterocycles. The van der Waals surface area contributed by atoms with E-state index in [0.717, 1.165) is 22.4 Å². The Morgan fingerprint density at radius 2 is 2.04 bits per heavy atom. The number of para-hydroxylation sites is 1. The smallest absolute Gasteiger partial charge is 0.492 e. The lowest BCUT2D eigenvalue weighted by Gasteiger charge is -2.22. The molecule has 136 valence electrons. The zero-order chi connectivity index (χ0) is 18.5. The molecule has 0 bridgehead atoms. The number of ether oxygens (including phenoxy) is 1. The molecule has 26 heavy (non-hydrogen) atoms. The molecular formula is C19H22BNO5. The van der Waals surface area contributed by atoms with Gasteiger partial charge in [-0.1, -0.05) is 48.5 Å². The Hall–Kier alpha value is -2.35. The van der Waals surface area contributed by atoms with Crippen LogP contribution in [0.25, 0.3) is 0 Å². The van der Waals surface area contributed by atoms with Gasteiger partial charge in [0.15, 0.2) is 0 Å². The van der Waals surface area contributed by atoms with Crippen molar-refractivity contribution in [1.29, 1.82) is 0 Å². The molecule has 1 aliphatic rings. The molecule has 3 rings (SSSR count). The summed E-state index contributed by atoms with van der Waals surface area (Å²) in [6, 6.07) is 15.3. The number of nitrogens with one attached hydrogen (secondary N) is 1. The fraction of sp³-hybridized carbons (Fsp3) is 0.316. The Morgan fingerprint density at radius 3 is 2.77 bits per heavy atom. The van der Waals surface area contributed by atoms with E-state index in [9.17, 15) is 14.8 Å². The number of carbonyl (C=O) groups excluding carboxylic acids is 1. The summed E-state index contributed by atoms with van der Waals surface area (Å²) in [5.41, 5.74) is 2.97. The van der Waals surface area contributed by atoms with Crippen LogP contribution in [0.5, 0.6) is 5.75 Å². The minimum absolute atomic E-state index is 0.00525. The number of amides is 1. The van der Waals surface area contributed by atoms with Gasteiger partial charge in [0.1, 0.15) is 12.0 Å². The summed E-state index contributed by atoms with van der Waals surface area (Å²) >= 11 is 0. The number of aryl methyl sites for hydroxylation is 1. The minimum atomic E-state index is -1.96. The molecule has 0 spiro atoms. The van der Waals surface area contributed by atoms with Crippen molar-refractivity contribution in [3.63, 3.8) is 0 Å². The van der Waals surface area contributed by atoms with Crippen LogP contribution in [-0.4, -0.2) is 36.1 Å². The highest BCUT2D eigenvalue weighted by molar-refractivity contribution is 6.32. The molecule has 6 nitrogen and oxygen atoms in total. The summed E-state index contributed by atoms with van der Waals surface area (Å²) in [6.07, 6.45) is -0.250. The van der Waals surface area contributed by atoms with E-state index < -0.39 is 13.5 Å². The first-order valence-electron chi connectivity index (χ1n) is 8.60. The second-order valence-electron chi connectivity index (χ2n) is 6.42. The quantitative estimate of drug-likeness (QED) is 0.518. The Kier molecular flexibility index (Phi) is 5.93. The summed E-state index contributed by atoms with van der Waals surface area (Å²) in [5.74, 6) is 0.618. The van der Waals surface area contributed by atoms with Gasteiger partial charge in [-0.2, -0.15) is 0 Å². The molecule has 7 heteroatoms. The van der Waals surface area contributed by atoms with Gasteiger partial charge in [0, 0.05) is 17.9 Å². The highest BCUT2D eigenvalue weighted by atomic mass is 16.6. The van der Waals surface area contributed by atoms with Crippen molar-refractivity contribution in [3.05, 3.63) is 65.2 Å². The van der Waals surface area contributed by atoms with Crippen molar-refractivity contribution in [2.24, 2.45) is 0 Å². The lowest BCUT2D eigenvalue weighted by Crippen LogP contribution is -2.42. The van der Waals surface area contributed by atoms with Crippen molar-refractivity contribution in [1.82, 2.24) is 5.32 Å². The lowest BCUT2D eigenvalue weighted by molar-refractivity contribution is -0.123. The van der Waals surface area contributed by atoms with Gasteiger partial charge in [-0.05, 0) is 18.1 Å². The van der Waals surface area contributed by atoms with Crippen LogP contribution in [0.15, 0.2) is 48.5 Å². The summed E-state index contributed by atoms with van der Waals surface area (Å²) in [4.78, 5) is 12.3. The average molecular weight is 355 g/mol. The van der Waals surface area contributed by atoms with Gasteiger partial charge in [-0.3, -0.25) is 4.79 Å². The van der Waals surface area contributed by atoms with Gasteiger partial charge in [0.2, 0.25) is 5.91 Å². The average Bonchev–Trinajstić information content (AvgIpc) is 2.99. The van der Waals surface area contributed by atoms with Crippen molar-refractivity contribution in [2.75, 3.05) is 6.61 Å². The predicted octanol–water partition coefficient (Wildman–Crippen LogP) is 1.53. The maximum atomic E-state index is 12.3. The molecule has 1 amide bonds. The van der Waals surface area contributed by atoms with Crippen LogP contribution in [0, 0.1) is 6.92 Å². The lowest BCUT2D eigenvalue weighted by atomic mass is 9.95. The summed E-state index contributed by atoms with van der Waals surface area (Å²) in [6.45, 7) is 2.45. The SMILES string of the molecule is Cc1cccc2c1OC[C@@H]2C[C@H](NC(=O)Cc1ccccc1)OB(O)O. The van der Waals surface area contributed by atoms with Crippen molar-refractivity contribution in [3.8, 4) is 5.75 Å². The van der Waals surface area contributed by atoms with Crippen LogP contribution in [0.1, 0.15) is 29.0 Å². The molecule has 2 aromatic rings. The van der Waals surface area contributed by atoms with Crippen LogP contribution in [-0.2, 0) is 15.9 Å². The first-order valence-corrected chi connectivity index (χ1v) is 8.60. The maximum absolute atomic E-state index is 12.3. The third kappa shape index (κ3) is 4.63. The van der Waals surface area contributed by atoms with Gasteiger partial charge in [0.25, 0.3) is 0 Å². The van der Waals surface area contributed by atoms with Crippen molar-refractivity contribution < 1.29 is 24.2 Å². The van der Waals surface area contributed by atoms with E-state index in [1.54, 1.807) is 0 Å². The fourth-order valence-corrected chi connectivity index (χ4v) is 3.23. The number of carbonyl (C=O) groups is 1. The van der Waals surface area contributed by atoms with E-state index in [1.807, 2.05) is 55.5 Å². The van der Waals surface area contributed by atoms with Gasteiger partial charge in [-0.25, -0.2) is 0 Å². The predicted molar refractivity (Wildman–Crippen MR) is 97.4 cm³/mol. The monoisotopic (exact) mass is 355 g/mol. The molecular weight excluding hydrogens is 333 g/mol. The van der Waals surface area contributed by atoms with Crippen LogP contribution < -0.4 is 10.1 Å². The van der Waals surface area contributed by atoms with Crippen LogP contribution in [0.3, 0.4) is 0 Å². The Labute approximate surface area is 152 Å². The molecule has 0 unspecified atom stereocenters. The number of hydrogen-bond donors (Lipinski definition) is 3. The molecule has 0 fully saturated rings. The Morgan fingerprint density at radius 1 is 1.27 bits per heavy atom. The zero-order valence-electron chi connectivity index (χ0n) is 14.6. The number of hydrogen-bond acceptors (Lipinski definition) is 5. The first-order chi connectivity index (χ1) is 12.5. The van der Waals surface area contributed by atoms with Gasteiger partial charge >= 0.3 is 7.32 Å². The molecule has 0 saturated carbocycles. The van der Waals surface area contributed by atoms with Crippen molar-refractivity contribution >= 4 is 13.2 Å². The molecule has 0 aromatic heterocycles. The fourth-order valence-electron chi connectivity index (χ4n) is 3.23. The highest BCUT2D eigenvalue weighted by Gasteiger charge is 2.30.